The first kappa shape index (κ1) is 17.1. The highest BCUT2D eigenvalue weighted by molar-refractivity contribution is 6.30. The summed E-state index contributed by atoms with van der Waals surface area (Å²) < 4.78 is 1.79. The number of carbonyl (C=O) groups is 1. The topological polar surface area (TPSA) is 66.3 Å². The van der Waals surface area contributed by atoms with Crippen molar-refractivity contribution in [2.75, 3.05) is 13.1 Å². The second-order valence-corrected chi connectivity index (χ2v) is 7.64. The van der Waals surface area contributed by atoms with Crippen LogP contribution < -0.4 is 0 Å². The molecule has 6 nitrogen and oxygen atoms in total. The molecule has 0 aliphatic carbocycles. The van der Waals surface area contributed by atoms with E-state index in [1.165, 1.54) is 5.69 Å². The highest BCUT2D eigenvalue weighted by Crippen LogP contribution is 2.29. The van der Waals surface area contributed by atoms with E-state index in [0.717, 1.165) is 37.3 Å². The number of halogens is 1. The molecule has 3 aromatic heterocycles. The maximum absolute atomic E-state index is 12.8. The Bertz CT molecular complexity index is 936. The van der Waals surface area contributed by atoms with E-state index in [-0.39, 0.29) is 5.91 Å². The molecule has 0 unspecified atom stereocenters. The van der Waals surface area contributed by atoms with Gasteiger partial charge in [0.05, 0.1) is 10.7 Å². The molecule has 136 valence electrons. The number of fused-ring (bicyclic) bond motifs is 1. The molecule has 0 aromatic carbocycles. The first-order chi connectivity index (χ1) is 12.5. The number of nitrogens with one attached hydrogen (secondary N) is 1. The van der Waals surface area contributed by atoms with Crippen LogP contribution >= 0.6 is 11.6 Å². The number of likely N-dealkylation sites (tertiary alicyclic amines) is 1. The first-order valence-electron chi connectivity index (χ1n) is 9.00. The molecule has 4 heterocycles. The fourth-order valence-corrected chi connectivity index (χ4v) is 3.65. The molecule has 7 heteroatoms. The van der Waals surface area contributed by atoms with Crippen LogP contribution in [-0.2, 0) is 0 Å². The fourth-order valence-electron chi connectivity index (χ4n) is 3.48. The molecule has 0 saturated carbocycles. The molecule has 4 rings (SSSR count). The van der Waals surface area contributed by atoms with Gasteiger partial charge in [0.1, 0.15) is 11.3 Å². The lowest BCUT2D eigenvalue weighted by molar-refractivity contribution is 0.0707. The minimum Gasteiger partial charge on any atom is -0.337 e. The third-order valence-corrected chi connectivity index (χ3v) is 5.29. The Labute approximate surface area is 157 Å². The van der Waals surface area contributed by atoms with Gasteiger partial charge in [0, 0.05) is 37.1 Å². The van der Waals surface area contributed by atoms with E-state index >= 15 is 0 Å². The van der Waals surface area contributed by atoms with E-state index in [9.17, 15) is 4.79 Å². The van der Waals surface area contributed by atoms with Crippen LogP contribution in [0.1, 0.15) is 60.4 Å². The number of hydrogen-bond acceptors (Lipinski definition) is 3. The number of imidazole rings is 1. The van der Waals surface area contributed by atoms with Crippen LogP contribution in [-0.4, -0.2) is 43.5 Å². The van der Waals surface area contributed by atoms with Gasteiger partial charge < -0.3 is 9.30 Å². The van der Waals surface area contributed by atoms with Gasteiger partial charge in [-0.1, -0.05) is 25.4 Å². The summed E-state index contributed by atoms with van der Waals surface area (Å²) in [5.74, 6) is 0.833. The van der Waals surface area contributed by atoms with Crippen molar-refractivity contribution in [3.05, 3.63) is 52.7 Å². The average molecular weight is 372 g/mol. The van der Waals surface area contributed by atoms with Crippen LogP contribution in [0.4, 0.5) is 0 Å². The van der Waals surface area contributed by atoms with Crippen molar-refractivity contribution >= 4 is 23.2 Å². The normalized spacial score (nSPS) is 15.9. The second kappa shape index (κ2) is 6.76. The number of piperidine rings is 1. The van der Waals surface area contributed by atoms with Crippen molar-refractivity contribution < 1.29 is 4.79 Å². The molecule has 1 N–H and O–H groups in total. The summed E-state index contributed by atoms with van der Waals surface area (Å²) in [6, 6.07) is 5.76. The van der Waals surface area contributed by atoms with E-state index in [0.29, 0.717) is 22.6 Å². The zero-order valence-corrected chi connectivity index (χ0v) is 15.7. The molecule has 0 bridgehead atoms. The summed E-state index contributed by atoms with van der Waals surface area (Å²) in [5.41, 5.74) is 3.48. The molecular formula is C19H22ClN5O. The van der Waals surface area contributed by atoms with Crippen molar-refractivity contribution in [2.45, 2.75) is 38.5 Å². The second-order valence-electron chi connectivity index (χ2n) is 7.21. The van der Waals surface area contributed by atoms with Gasteiger partial charge in [-0.3, -0.25) is 9.89 Å². The predicted molar refractivity (Wildman–Crippen MR) is 101 cm³/mol. The number of pyridine rings is 1. The Morgan fingerprint density at radius 1 is 1.27 bits per heavy atom. The van der Waals surface area contributed by atoms with Gasteiger partial charge in [-0.2, -0.15) is 5.10 Å². The SMILES string of the molecule is CC(C)c1cc(C2CCN(C(=O)c3cn4cc(Cl)ccc4n3)CC2)[nH]n1. The largest absolute Gasteiger partial charge is 0.337 e. The van der Waals surface area contributed by atoms with Crippen molar-refractivity contribution in [1.29, 1.82) is 0 Å². The summed E-state index contributed by atoms with van der Waals surface area (Å²) in [5, 5.41) is 8.19. The molecule has 26 heavy (non-hydrogen) atoms. The summed E-state index contributed by atoms with van der Waals surface area (Å²) >= 11 is 6.00. The molecular weight excluding hydrogens is 350 g/mol. The fraction of sp³-hybridized carbons (Fsp3) is 0.421. The maximum atomic E-state index is 12.8. The number of rotatable bonds is 3. The van der Waals surface area contributed by atoms with Crippen LogP contribution in [0, 0.1) is 0 Å². The van der Waals surface area contributed by atoms with Crippen molar-refractivity contribution in [3.8, 4) is 0 Å². The Kier molecular flexibility index (Phi) is 4.44. The van der Waals surface area contributed by atoms with Gasteiger partial charge in [0.2, 0.25) is 0 Å². The summed E-state index contributed by atoms with van der Waals surface area (Å²) in [7, 11) is 0. The molecule has 0 radical (unpaired) electrons. The van der Waals surface area contributed by atoms with Gasteiger partial charge in [-0.25, -0.2) is 4.98 Å². The van der Waals surface area contributed by atoms with E-state index in [4.69, 9.17) is 11.6 Å². The van der Waals surface area contributed by atoms with Crippen LogP contribution in [0.15, 0.2) is 30.6 Å². The molecule has 1 saturated heterocycles. The lowest BCUT2D eigenvalue weighted by Gasteiger charge is -2.31. The third-order valence-electron chi connectivity index (χ3n) is 5.07. The number of hydrogen-bond donors (Lipinski definition) is 1. The molecule has 3 aromatic rings. The standard InChI is InChI=1S/C19H22ClN5O/c1-12(2)15-9-16(23-22-15)13-5-7-24(8-6-13)19(26)17-11-25-10-14(20)3-4-18(25)21-17/h3-4,9-13H,5-8H2,1-2H3,(H,22,23). The van der Waals surface area contributed by atoms with Gasteiger partial charge in [0.25, 0.3) is 5.91 Å². The van der Waals surface area contributed by atoms with E-state index in [1.54, 1.807) is 22.9 Å². The lowest BCUT2D eigenvalue weighted by atomic mass is 9.93. The number of H-pyrrole nitrogens is 1. The number of aromatic amines is 1. The Morgan fingerprint density at radius 3 is 2.73 bits per heavy atom. The average Bonchev–Trinajstić information content (AvgIpc) is 3.28. The highest BCUT2D eigenvalue weighted by Gasteiger charge is 2.27. The van der Waals surface area contributed by atoms with Gasteiger partial charge in [-0.15, -0.1) is 0 Å². The zero-order chi connectivity index (χ0) is 18.3. The Morgan fingerprint density at radius 2 is 2.04 bits per heavy atom. The van der Waals surface area contributed by atoms with Crippen molar-refractivity contribution in [3.63, 3.8) is 0 Å². The predicted octanol–water partition coefficient (Wildman–Crippen LogP) is 3.85. The van der Waals surface area contributed by atoms with E-state index in [2.05, 4.69) is 35.1 Å². The monoisotopic (exact) mass is 371 g/mol. The number of amides is 1. The number of carbonyl (C=O) groups excluding carboxylic acids is 1. The maximum Gasteiger partial charge on any atom is 0.274 e. The molecule has 0 atom stereocenters. The Balaban J connectivity index is 1.43. The van der Waals surface area contributed by atoms with Crippen LogP contribution in [0.2, 0.25) is 5.02 Å². The molecule has 1 fully saturated rings. The van der Waals surface area contributed by atoms with E-state index in [1.807, 2.05) is 11.0 Å². The Hall–Kier alpha value is -2.34. The quantitative estimate of drug-likeness (QED) is 0.760. The number of nitrogens with zero attached hydrogens (tertiary/aromatic N) is 4. The molecule has 1 aliphatic rings. The molecule has 1 amide bonds. The van der Waals surface area contributed by atoms with E-state index < -0.39 is 0 Å². The lowest BCUT2D eigenvalue weighted by Crippen LogP contribution is -2.38. The van der Waals surface area contributed by atoms with Crippen LogP contribution in [0.5, 0.6) is 0 Å². The van der Waals surface area contributed by atoms with Crippen LogP contribution in [0.3, 0.4) is 0 Å². The number of aromatic nitrogens is 4. The minimum atomic E-state index is -0.0178. The van der Waals surface area contributed by atoms with Gasteiger partial charge in [-0.05, 0) is 37.0 Å². The van der Waals surface area contributed by atoms with Gasteiger partial charge >= 0.3 is 0 Å². The summed E-state index contributed by atoms with van der Waals surface area (Å²) in [6.07, 6.45) is 5.38. The highest BCUT2D eigenvalue weighted by atomic mass is 35.5. The van der Waals surface area contributed by atoms with Crippen molar-refractivity contribution in [1.82, 2.24) is 24.5 Å². The smallest absolute Gasteiger partial charge is 0.274 e. The van der Waals surface area contributed by atoms with Crippen LogP contribution in [0.25, 0.3) is 5.65 Å². The van der Waals surface area contributed by atoms with Gasteiger partial charge in [0.15, 0.2) is 0 Å². The first-order valence-corrected chi connectivity index (χ1v) is 9.38. The summed E-state index contributed by atoms with van der Waals surface area (Å²) in [6.45, 7) is 5.74. The molecule has 0 spiro atoms. The van der Waals surface area contributed by atoms with Crippen molar-refractivity contribution in [2.24, 2.45) is 0 Å². The summed E-state index contributed by atoms with van der Waals surface area (Å²) in [4.78, 5) is 19.1. The molecule has 1 aliphatic heterocycles. The third kappa shape index (κ3) is 3.21. The minimum absolute atomic E-state index is 0.0178. The zero-order valence-electron chi connectivity index (χ0n) is 14.9.